The Hall–Kier alpha value is -2.93. The third-order valence-electron chi connectivity index (χ3n) is 5.32. The van der Waals surface area contributed by atoms with Crippen molar-refractivity contribution in [1.82, 2.24) is 19.4 Å². The number of fused-ring (bicyclic) bond motifs is 1. The number of hydrogen-bond donors (Lipinski definition) is 0. The van der Waals surface area contributed by atoms with Crippen LogP contribution in [-0.2, 0) is 6.54 Å². The first kappa shape index (κ1) is 18.4. The zero-order chi connectivity index (χ0) is 19.5. The predicted octanol–water partition coefficient (Wildman–Crippen LogP) is 1.99. The Bertz CT molecular complexity index is 1010. The summed E-state index contributed by atoms with van der Waals surface area (Å²) in [5.41, 5.74) is 1.66. The van der Waals surface area contributed by atoms with Gasteiger partial charge >= 0.3 is 0 Å². The summed E-state index contributed by atoms with van der Waals surface area (Å²) in [5, 5.41) is 0.548. The van der Waals surface area contributed by atoms with Gasteiger partial charge in [-0.05, 0) is 30.3 Å². The van der Waals surface area contributed by atoms with Crippen LogP contribution in [0.3, 0.4) is 0 Å². The van der Waals surface area contributed by atoms with Gasteiger partial charge in [0.05, 0.1) is 24.6 Å². The molecule has 4 rings (SSSR count). The summed E-state index contributed by atoms with van der Waals surface area (Å²) in [6, 6.07) is 9.62. The monoisotopic (exact) mass is 379 g/mol. The fourth-order valence-corrected chi connectivity index (χ4v) is 3.53. The Kier molecular flexibility index (Phi) is 5.25. The molecule has 146 valence electrons. The Morgan fingerprint density at radius 3 is 2.50 bits per heavy atom. The Morgan fingerprint density at radius 1 is 1.07 bits per heavy atom. The molecule has 1 aliphatic heterocycles. The van der Waals surface area contributed by atoms with Crippen molar-refractivity contribution in [2.24, 2.45) is 0 Å². The van der Waals surface area contributed by atoms with Crippen LogP contribution in [0.1, 0.15) is 12.5 Å². The molecule has 1 aliphatic rings. The van der Waals surface area contributed by atoms with Gasteiger partial charge in [-0.25, -0.2) is 9.97 Å². The van der Waals surface area contributed by atoms with E-state index < -0.39 is 0 Å². The van der Waals surface area contributed by atoms with Crippen molar-refractivity contribution in [2.45, 2.75) is 13.5 Å². The summed E-state index contributed by atoms with van der Waals surface area (Å²) in [5.74, 6) is 1.51. The summed E-state index contributed by atoms with van der Waals surface area (Å²) in [7, 11) is 1.64. The van der Waals surface area contributed by atoms with Gasteiger partial charge in [-0.1, -0.05) is 19.1 Å². The fraction of sp³-hybridized carbons (Fsp3) is 0.381. The van der Waals surface area contributed by atoms with E-state index in [-0.39, 0.29) is 5.56 Å². The Labute approximate surface area is 164 Å². The van der Waals surface area contributed by atoms with Crippen molar-refractivity contribution in [1.29, 1.82) is 0 Å². The van der Waals surface area contributed by atoms with Gasteiger partial charge in [0.2, 0.25) is 5.95 Å². The smallest absolute Gasteiger partial charge is 0.261 e. The van der Waals surface area contributed by atoms with Crippen molar-refractivity contribution in [3.8, 4) is 5.75 Å². The number of ether oxygens (including phenoxy) is 1. The number of piperazine rings is 1. The van der Waals surface area contributed by atoms with Crippen LogP contribution in [0.25, 0.3) is 10.9 Å². The molecule has 0 bridgehead atoms. The number of hydrogen-bond acceptors (Lipinski definition) is 6. The van der Waals surface area contributed by atoms with Gasteiger partial charge in [0.1, 0.15) is 5.75 Å². The van der Waals surface area contributed by atoms with Gasteiger partial charge in [0, 0.05) is 38.6 Å². The molecule has 1 saturated heterocycles. The first-order valence-corrected chi connectivity index (χ1v) is 9.64. The van der Waals surface area contributed by atoms with Crippen LogP contribution in [0.4, 0.5) is 5.95 Å². The molecule has 2 aromatic heterocycles. The molecule has 7 nitrogen and oxygen atoms in total. The second-order valence-corrected chi connectivity index (χ2v) is 6.99. The van der Waals surface area contributed by atoms with E-state index >= 15 is 0 Å². The van der Waals surface area contributed by atoms with E-state index in [4.69, 9.17) is 4.74 Å². The lowest BCUT2D eigenvalue weighted by Crippen LogP contribution is -2.46. The molecule has 0 amide bonds. The molecule has 0 spiro atoms. The maximum Gasteiger partial charge on any atom is 0.261 e. The maximum atomic E-state index is 12.9. The van der Waals surface area contributed by atoms with Gasteiger partial charge in [0.25, 0.3) is 5.56 Å². The molecule has 0 radical (unpaired) electrons. The fourth-order valence-electron chi connectivity index (χ4n) is 3.53. The van der Waals surface area contributed by atoms with Gasteiger partial charge in [-0.2, -0.15) is 0 Å². The summed E-state index contributed by atoms with van der Waals surface area (Å²) < 4.78 is 6.87. The largest absolute Gasteiger partial charge is 0.497 e. The highest BCUT2D eigenvalue weighted by atomic mass is 16.5. The number of rotatable bonds is 5. The third-order valence-corrected chi connectivity index (χ3v) is 5.32. The van der Waals surface area contributed by atoms with Crippen LogP contribution in [0.5, 0.6) is 5.75 Å². The number of methoxy groups -OCH3 is 1. The van der Waals surface area contributed by atoms with Gasteiger partial charge in [0.15, 0.2) is 0 Å². The lowest BCUT2D eigenvalue weighted by molar-refractivity contribution is 0.270. The SMILES string of the molecule is CCN1CCN(c2ncc3c(=O)n(Cc4ccc(OC)cc4)ccc3n2)CC1. The standard InChI is InChI=1S/C21H25N5O2/c1-3-24-10-12-25(13-11-24)21-22-14-18-19(23-21)8-9-26(20(18)27)15-16-4-6-17(28-2)7-5-16/h4-9,14H,3,10-13,15H2,1-2H3. The quantitative estimate of drug-likeness (QED) is 0.676. The first-order valence-electron chi connectivity index (χ1n) is 9.64. The number of anilines is 1. The van der Waals surface area contributed by atoms with Crippen LogP contribution < -0.4 is 15.2 Å². The lowest BCUT2D eigenvalue weighted by atomic mass is 10.2. The first-order chi connectivity index (χ1) is 13.7. The van der Waals surface area contributed by atoms with E-state index in [0.717, 1.165) is 44.0 Å². The van der Waals surface area contributed by atoms with Crippen LogP contribution >= 0.6 is 0 Å². The molecular formula is C21H25N5O2. The van der Waals surface area contributed by atoms with Gasteiger partial charge < -0.3 is 19.1 Å². The summed E-state index contributed by atoms with van der Waals surface area (Å²) in [6.07, 6.45) is 3.47. The van der Waals surface area contributed by atoms with Crippen LogP contribution in [0.15, 0.2) is 47.5 Å². The maximum absolute atomic E-state index is 12.9. The summed E-state index contributed by atoms with van der Waals surface area (Å²) in [4.78, 5) is 26.6. The number of benzene rings is 1. The second-order valence-electron chi connectivity index (χ2n) is 6.99. The molecule has 0 aliphatic carbocycles. The Morgan fingerprint density at radius 2 is 1.82 bits per heavy atom. The molecule has 0 saturated carbocycles. The van der Waals surface area contributed by atoms with Crippen LogP contribution in [0.2, 0.25) is 0 Å². The van der Waals surface area contributed by atoms with Crippen LogP contribution in [-0.4, -0.2) is 59.3 Å². The molecule has 1 fully saturated rings. The zero-order valence-corrected chi connectivity index (χ0v) is 16.3. The van der Waals surface area contributed by atoms with Gasteiger partial charge in [-0.3, -0.25) is 4.79 Å². The van der Waals surface area contributed by atoms with E-state index in [1.807, 2.05) is 30.3 Å². The third kappa shape index (κ3) is 3.71. The topological polar surface area (TPSA) is 63.5 Å². The average molecular weight is 379 g/mol. The highest BCUT2D eigenvalue weighted by Gasteiger charge is 2.18. The average Bonchev–Trinajstić information content (AvgIpc) is 2.76. The van der Waals surface area contributed by atoms with Gasteiger partial charge in [-0.15, -0.1) is 0 Å². The van der Waals surface area contributed by atoms with Crippen molar-refractivity contribution in [3.05, 3.63) is 58.6 Å². The van der Waals surface area contributed by atoms with Crippen molar-refractivity contribution >= 4 is 16.9 Å². The van der Waals surface area contributed by atoms with Crippen LogP contribution in [0, 0.1) is 0 Å². The minimum Gasteiger partial charge on any atom is -0.497 e. The molecular weight excluding hydrogens is 354 g/mol. The molecule has 0 N–H and O–H groups in total. The normalized spacial score (nSPS) is 15.1. The number of pyridine rings is 1. The predicted molar refractivity (Wildman–Crippen MR) is 110 cm³/mol. The van der Waals surface area contributed by atoms with E-state index in [2.05, 4.69) is 26.7 Å². The highest BCUT2D eigenvalue weighted by Crippen LogP contribution is 2.16. The van der Waals surface area contributed by atoms with Crippen molar-refractivity contribution < 1.29 is 4.74 Å². The van der Waals surface area contributed by atoms with Crippen molar-refractivity contribution in [3.63, 3.8) is 0 Å². The molecule has 0 atom stereocenters. The molecule has 0 unspecified atom stereocenters. The molecule has 3 aromatic rings. The van der Waals surface area contributed by atoms with Crippen molar-refractivity contribution in [2.75, 3.05) is 44.7 Å². The molecule has 3 heterocycles. The molecule has 7 heteroatoms. The molecule has 28 heavy (non-hydrogen) atoms. The highest BCUT2D eigenvalue weighted by molar-refractivity contribution is 5.77. The van der Waals surface area contributed by atoms with E-state index in [1.54, 1.807) is 24.1 Å². The van der Waals surface area contributed by atoms with E-state index in [9.17, 15) is 4.79 Å². The Balaban J connectivity index is 1.56. The minimum absolute atomic E-state index is 0.0735. The second kappa shape index (κ2) is 7.98. The van der Waals surface area contributed by atoms with E-state index in [0.29, 0.717) is 23.4 Å². The summed E-state index contributed by atoms with van der Waals surface area (Å²) in [6.45, 7) is 7.60. The number of nitrogens with zero attached hydrogens (tertiary/aromatic N) is 5. The number of likely N-dealkylation sites (N-methyl/N-ethyl adjacent to an activating group) is 1. The summed E-state index contributed by atoms with van der Waals surface area (Å²) >= 11 is 0. The van der Waals surface area contributed by atoms with E-state index in [1.165, 1.54) is 0 Å². The number of aromatic nitrogens is 3. The zero-order valence-electron chi connectivity index (χ0n) is 16.3. The molecule has 1 aromatic carbocycles. The minimum atomic E-state index is -0.0735. The lowest BCUT2D eigenvalue weighted by Gasteiger charge is -2.34.